The molecule has 138 valence electrons. The van der Waals surface area contributed by atoms with Crippen molar-refractivity contribution in [2.75, 3.05) is 26.2 Å². The standard InChI is InChI=1S/C19H24N4O3/c24-18(16-17(19(25)26)22-13-21-16)20-11-15-7-4-9-23(12-15)10-8-14-5-2-1-3-6-14/h1-3,5-6,13,15H,4,7-12H2,(H,20,24)(H,21,22)(H,25,26)/t15-/m0/s1. The topological polar surface area (TPSA) is 98.3 Å². The number of hydrogen-bond acceptors (Lipinski definition) is 4. The van der Waals surface area contributed by atoms with Gasteiger partial charge < -0.3 is 20.3 Å². The summed E-state index contributed by atoms with van der Waals surface area (Å²) < 4.78 is 0. The van der Waals surface area contributed by atoms with Crippen LogP contribution in [0.15, 0.2) is 36.7 Å². The van der Waals surface area contributed by atoms with Crippen molar-refractivity contribution in [2.24, 2.45) is 5.92 Å². The van der Waals surface area contributed by atoms with Gasteiger partial charge in [0.15, 0.2) is 11.4 Å². The Kier molecular flexibility index (Phi) is 6.01. The summed E-state index contributed by atoms with van der Waals surface area (Å²) in [4.78, 5) is 32.0. The number of aromatic carboxylic acids is 1. The molecule has 0 bridgehead atoms. The highest BCUT2D eigenvalue weighted by molar-refractivity contribution is 6.02. The first-order chi connectivity index (χ1) is 12.6. The van der Waals surface area contributed by atoms with Crippen LogP contribution in [0.1, 0.15) is 39.4 Å². The zero-order valence-electron chi connectivity index (χ0n) is 14.6. The largest absolute Gasteiger partial charge is 0.477 e. The summed E-state index contributed by atoms with van der Waals surface area (Å²) in [6.07, 6.45) is 4.42. The average molecular weight is 356 g/mol. The molecule has 3 rings (SSSR count). The molecule has 0 unspecified atom stereocenters. The predicted octanol–water partition coefficient (Wildman–Crippen LogP) is 1.79. The Morgan fingerprint density at radius 3 is 2.88 bits per heavy atom. The van der Waals surface area contributed by atoms with Crippen LogP contribution in [-0.2, 0) is 6.42 Å². The van der Waals surface area contributed by atoms with Crippen LogP contribution < -0.4 is 5.32 Å². The van der Waals surface area contributed by atoms with Crippen LogP contribution in [0.25, 0.3) is 0 Å². The second-order valence-corrected chi connectivity index (χ2v) is 6.69. The number of carboxylic acids is 1. The minimum Gasteiger partial charge on any atom is -0.477 e. The summed E-state index contributed by atoms with van der Waals surface area (Å²) in [5.74, 6) is -1.25. The van der Waals surface area contributed by atoms with E-state index in [9.17, 15) is 9.59 Å². The SMILES string of the molecule is O=C(NC[C@@H]1CCCN(CCc2ccccc2)C1)c1nc[nH]c1C(=O)O. The number of nitrogens with zero attached hydrogens (tertiary/aromatic N) is 2. The molecule has 1 aromatic heterocycles. The van der Waals surface area contributed by atoms with Crippen molar-refractivity contribution in [1.82, 2.24) is 20.2 Å². The Morgan fingerprint density at radius 1 is 1.31 bits per heavy atom. The third kappa shape index (κ3) is 4.70. The number of benzene rings is 1. The Balaban J connectivity index is 1.47. The van der Waals surface area contributed by atoms with E-state index in [1.807, 2.05) is 6.07 Å². The number of carboxylic acid groups (broad SMARTS) is 1. The molecule has 1 aromatic carbocycles. The van der Waals surface area contributed by atoms with Crippen molar-refractivity contribution in [3.8, 4) is 0 Å². The number of carbonyl (C=O) groups is 2. The van der Waals surface area contributed by atoms with E-state index in [4.69, 9.17) is 5.11 Å². The molecular formula is C19H24N4O3. The molecule has 0 radical (unpaired) electrons. The zero-order valence-corrected chi connectivity index (χ0v) is 14.6. The first-order valence-electron chi connectivity index (χ1n) is 8.94. The number of nitrogens with one attached hydrogen (secondary N) is 2. The summed E-state index contributed by atoms with van der Waals surface area (Å²) in [7, 11) is 0. The number of amides is 1. The smallest absolute Gasteiger partial charge is 0.354 e. The molecule has 7 heteroatoms. The number of likely N-dealkylation sites (tertiary alicyclic amines) is 1. The van der Waals surface area contributed by atoms with E-state index < -0.39 is 11.9 Å². The predicted molar refractivity (Wildman–Crippen MR) is 97.2 cm³/mol. The molecule has 1 fully saturated rings. The normalized spacial score (nSPS) is 17.8. The average Bonchev–Trinajstić information content (AvgIpc) is 3.16. The van der Waals surface area contributed by atoms with E-state index in [1.54, 1.807) is 0 Å². The molecule has 2 aromatic rings. The minimum atomic E-state index is -1.18. The van der Waals surface area contributed by atoms with E-state index >= 15 is 0 Å². The molecule has 1 saturated heterocycles. The fourth-order valence-corrected chi connectivity index (χ4v) is 3.40. The van der Waals surface area contributed by atoms with Crippen LogP contribution in [0.4, 0.5) is 0 Å². The lowest BCUT2D eigenvalue weighted by Crippen LogP contribution is -2.41. The lowest BCUT2D eigenvalue weighted by molar-refractivity contribution is 0.0684. The Bertz CT molecular complexity index is 744. The Morgan fingerprint density at radius 2 is 2.12 bits per heavy atom. The van der Waals surface area contributed by atoms with Crippen molar-refractivity contribution < 1.29 is 14.7 Å². The quantitative estimate of drug-likeness (QED) is 0.703. The summed E-state index contributed by atoms with van der Waals surface area (Å²) in [6, 6.07) is 10.4. The molecular weight excluding hydrogens is 332 g/mol. The summed E-state index contributed by atoms with van der Waals surface area (Å²) >= 11 is 0. The number of H-pyrrole nitrogens is 1. The number of carbonyl (C=O) groups excluding carboxylic acids is 1. The van der Waals surface area contributed by atoms with Crippen molar-refractivity contribution in [2.45, 2.75) is 19.3 Å². The maximum absolute atomic E-state index is 12.2. The molecule has 0 aliphatic carbocycles. The molecule has 2 heterocycles. The van der Waals surface area contributed by atoms with Gasteiger partial charge in [0.2, 0.25) is 0 Å². The van der Waals surface area contributed by atoms with Crippen LogP contribution in [0.2, 0.25) is 0 Å². The van der Waals surface area contributed by atoms with Gasteiger partial charge in [-0.15, -0.1) is 0 Å². The van der Waals surface area contributed by atoms with Gasteiger partial charge in [-0.25, -0.2) is 9.78 Å². The summed E-state index contributed by atoms with van der Waals surface area (Å²) in [5, 5.41) is 11.9. The number of piperidine rings is 1. The molecule has 1 aliphatic rings. The lowest BCUT2D eigenvalue weighted by atomic mass is 9.97. The number of aromatic amines is 1. The monoisotopic (exact) mass is 356 g/mol. The first-order valence-corrected chi connectivity index (χ1v) is 8.94. The molecule has 0 spiro atoms. The minimum absolute atomic E-state index is 0.0609. The van der Waals surface area contributed by atoms with Gasteiger partial charge in [0.25, 0.3) is 5.91 Å². The van der Waals surface area contributed by atoms with Crippen molar-refractivity contribution >= 4 is 11.9 Å². The molecule has 0 saturated carbocycles. The fourth-order valence-electron chi connectivity index (χ4n) is 3.40. The van der Waals surface area contributed by atoms with E-state index in [0.29, 0.717) is 12.5 Å². The molecule has 26 heavy (non-hydrogen) atoms. The van der Waals surface area contributed by atoms with Crippen LogP contribution in [0.5, 0.6) is 0 Å². The number of rotatable bonds is 7. The molecule has 1 aliphatic heterocycles. The molecule has 1 atom stereocenters. The van der Waals surface area contributed by atoms with Gasteiger partial charge in [0.05, 0.1) is 6.33 Å². The number of aromatic nitrogens is 2. The van der Waals surface area contributed by atoms with Gasteiger partial charge in [-0.1, -0.05) is 30.3 Å². The van der Waals surface area contributed by atoms with Crippen LogP contribution in [-0.4, -0.2) is 58.0 Å². The Labute approximate surface area is 152 Å². The van der Waals surface area contributed by atoms with Crippen molar-refractivity contribution in [1.29, 1.82) is 0 Å². The summed E-state index contributed by atoms with van der Waals surface area (Å²) in [6.45, 7) is 3.57. The van der Waals surface area contributed by atoms with E-state index in [0.717, 1.165) is 38.9 Å². The highest BCUT2D eigenvalue weighted by Gasteiger charge is 2.23. The highest BCUT2D eigenvalue weighted by Crippen LogP contribution is 2.16. The highest BCUT2D eigenvalue weighted by atomic mass is 16.4. The van der Waals surface area contributed by atoms with E-state index in [1.165, 1.54) is 11.9 Å². The lowest BCUT2D eigenvalue weighted by Gasteiger charge is -2.32. The zero-order chi connectivity index (χ0) is 18.4. The van der Waals surface area contributed by atoms with E-state index in [-0.39, 0.29) is 11.4 Å². The van der Waals surface area contributed by atoms with Crippen LogP contribution in [0.3, 0.4) is 0 Å². The summed E-state index contributed by atoms with van der Waals surface area (Å²) in [5.41, 5.74) is 1.10. The third-order valence-corrected chi connectivity index (χ3v) is 4.78. The van der Waals surface area contributed by atoms with E-state index in [2.05, 4.69) is 44.5 Å². The Hall–Kier alpha value is -2.67. The second-order valence-electron chi connectivity index (χ2n) is 6.69. The second kappa shape index (κ2) is 8.62. The van der Waals surface area contributed by atoms with Gasteiger partial charge in [-0.3, -0.25) is 4.79 Å². The van der Waals surface area contributed by atoms with Crippen molar-refractivity contribution in [3.05, 3.63) is 53.6 Å². The van der Waals surface area contributed by atoms with Crippen LogP contribution in [0, 0.1) is 5.92 Å². The third-order valence-electron chi connectivity index (χ3n) is 4.78. The van der Waals surface area contributed by atoms with Gasteiger partial charge in [-0.2, -0.15) is 0 Å². The maximum atomic E-state index is 12.2. The maximum Gasteiger partial charge on any atom is 0.354 e. The van der Waals surface area contributed by atoms with Gasteiger partial charge in [0, 0.05) is 19.6 Å². The van der Waals surface area contributed by atoms with Gasteiger partial charge in [0.1, 0.15) is 0 Å². The van der Waals surface area contributed by atoms with Crippen LogP contribution >= 0.6 is 0 Å². The molecule has 7 nitrogen and oxygen atoms in total. The van der Waals surface area contributed by atoms with Crippen molar-refractivity contribution in [3.63, 3.8) is 0 Å². The first kappa shape index (κ1) is 18.1. The number of hydrogen-bond donors (Lipinski definition) is 3. The fraction of sp³-hybridized carbons (Fsp3) is 0.421. The molecule has 1 amide bonds. The van der Waals surface area contributed by atoms with Gasteiger partial charge in [-0.05, 0) is 37.3 Å². The number of imidazole rings is 1. The van der Waals surface area contributed by atoms with Gasteiger partial charge >= 0.3 is 5.97 Å². The molecule has 3 N–H and O–H groups in total.